The topological polar surface area (TPSA) is 127 Å². The van der Waals surface area contributed by atoms with Crippen molar-refractivity contribution >= 4 is 34.6 Å². The zero-order valence-corrected chi connectivity index (χ0v) is 16.7. The van der Waals surface area contributed by atoms with Crippen molar-refractivity contribution in [2.45, 2.75) is 18.6 Å². The molecular formula is C19H19FN10O. The van der Waals surface area contributed by atoms with Gasteiger partial charge >= 0.3 is 6.03 Å². The van der Waals surface area contributed by atoms with Crippen molar-refractivity contribution < 1.29 is 9.18 Å². The summed E-state index contributed by atoms with van der Waals surface area (Å²) in [6.07, 6.45) is 2.30. The Hall–Kier alpha value is -4.09. The maximum Gasteiger partial charge on any atom is 0.328 e. The predicted octanol–water partition coefficient (Wildman–Crippen LogP) is 2.08. The number of aryl methyl sites for hydroxylation is 1. The van der Waals surface area contributed by atoms with Crippen LogP contribution in [0.5, 0.6) is 0 Å². The number of carbonyl (C=O) groups excluding carboxylic acids is 1. The molecule has 11 nitrogen and oxygen atoms in total. The summed E-state index contributed by atoms with van der Waals surface area (Å²) < 4.78 is 16.1. The number of aromatic nitrogens is 7. The maximum atomic E-state index is 13.2. The molecule has 2 atom stereocenters. The number of nitrogens with one attached hydrogen (secondary N) is 3. The smallest absolute Gasteiger partial charge is 0.328 e. The number of carbonyl (C=O) groups is 1. The molecule has 0 saturated heterocycles. The third-order valence-corrected chi connectivity index (χ3v) is 4.85. The second-order valence-corrected chi connectivity index (χ2v) is 7.19. The number of hydrogen-bond acceptors (Lipinski definition) is 8. The molecule has 12 heteroatoms. The Bertz CT molecular complexity index is 1280. The summed E-state index contributed by atoms with van der Waals surface area (Å²) in [4.78, 5) is 29.9. The summed E-state index contributed by atoms with van der Waals surface area (Å²) in [7, 11) is 3.51. The minimum atomic E-state index is -1.00. The zero-order chi connectivity index (χ0) is 21.5. The van der Waals surface area contributed by atoms with Crippen LogP contribution in [0, 0.1) is 0 Å². The highest BCUT2D eigenvalue weighted by atomic mass is 19.1. The number of nitrogens with zero attached hydrogens (tertiary/aromatic N) is 7. The fraction of sp³-hybridized carbons (Fsp3) is 0.263. The van der Waals surface area contributed by atoms with E-state index in [0.29, 0.717) is 29.2 Å². The minimum Gasteiger partial charge on any atom is -0.371 e. The van der Waals surface area contributed by atoms with E-state index in [9.17, 15) is 9.18 Å². The van der Waals surface area contributed by atoms with Crippen LogP contribution in [0.15, 0.2) is 36.9 Å². The van der Waals surface area contributed by atoms with Crippen LogP contribution in [0.3, 0.4) is 0 Å². The standard InChI is InChI=1S/C19H19FN10O/c1-21-16-14-17(30(9-22-14)19(31)25-13-7-12(13)20)27-18(26-16)24-11-5-3-4-10(6-11)15-23-8-29(2)28-15/h3-6,8-9,12-13H,7H2,1-2H3,(H,25,31)(H2,21,24,26,27)/t12-,13+/m0/s1. The van der Waals surface area contributed by atoms with Crippen LogP contribution in [0.25, 0.3) is 22.6 Å². The third kappa shape index (κ3) is 3.63. The van der Waals surface area contributed by atoms with E-state index in [-0.39, 0.29) is 5.95 Å². The SMILES string of the molecule is CNc1nc(Nc2cccc(-c3ncn(C)n3)c2)nc2c1ncn2C(=O)N[C@@H]1C[C@@H]1F. The van der Waals surface area contributed by atoms with Crippen molar-refractivity contribution in [1.29, 1.82) is 0 Å². The lowest BCUT2D eigenvalue weighted by Gasteiger charge is -2.09. The molecule has 0 radical (unpaired) electrons. The number of amides is 1. The van der Waals surface area contributed by atoms with Crippen molar-refractivity contribution in [2.24, 2.45) is 7.05 Å². The van der Waals surface area contributed by atoms with Gasteiger partial charge in [0.1, 0.15) is 18.8 Å². The predicted molar refractivity (Wildman–Crippen MR) is 112 cm³/mol. The molecule has 1 saturated carbocycles. The highest BCUT2D eigenvalue weighted by Gasteiger charge is 2.39. The van der Waals surface area contributed by atoms with Crippen LogP contribution < -0.4 is 16.0 Å². The molecule has 1 amide bonds. The summed E-state index contributed by atoms with van der Waals surface area (Å²) in [6.45, 7) is 0. The average Bonchev–Trinajstić information content (AvgIpc) is 3.13. The number of alkyl halides is 1. The molecule has 31 heavy (non-hydrogen) atoms. The van der Waals surface area contributed by atoms with Gasteiger partial charge in [0.15, 0.2) is 22.8 Å². The number of hydrogen-bond donors (Lipinski definition) is 3. The molecule has 1 aromatic carbocycles. The quantitative estimate of drug-likeness (QED) is 0.446. The lowest BCUT2D eigenvalue weighted by molar-refractivity contribution is 0.241. The van der Waals surface area contributed by atoms with E-state index < -0.39 is 18.2 Å². The van der Waals surface area contributed by atoms with Gasteiger partial charge in [-0.05, 0) is 12.1 Å². The Balaban J connectivity index is 1.47. The Morgan fingerprint density at radius 2 is 2.06 bits per heavy atom. The third-order valence-electron chi connectivity index (χ3n) is 4.85. The van der Waals surface area contributed by atoms with E-state index in [2.05, 4.69) is 41.0 Å². The minimum absolute atomic E-state index is 0.271. The molecule has 158 valence electrons. The lowest BCUT2D eigenvalue weighted by Crippen LogP contribution is -2.31. The summed E-state index contributed by atoms with van der Waals surface area (Å²) in [5.41, 5.74) is 2.29. The Kier molecular flexibility index (Phi) is 4.46. The average molecular weight is 422 g/mol. The van der Waals surface area contributed by atoms with E-state index in [1.54, 1.807) is 25.1 Å². The second kappa shape index (κ2) is 7.31. The molecule has 1 aliphatic carbocycles. The van der Waals surface area contributed by atoms with Crippen molar-refractivity contribution in [3.05, 3.63) is 36.9 Å². The van der Waals surface area contributed by atoms with E-state index in [1.807, 2.05) is 24.3 Å². The fourth-order valence-corrected chi connectivity index (χ4v) is 3.16. The van der Waals surface area contributed by atoms with Crippen LogP contribution in [-0.4, -0.2) is 59.6 Å². The summed E-state index contributed by atoms with van der Waals surface area (Å²) in [5, 5.41) is 13.0. The van der Waals surface area contributed by atoms with Gasteiger partial charge in [-0.15, -0.1) is 0 Å². The van der Waals surface area contributed by atoms with Crippen LogP contribution in [0.1, 0.15) is 6.42 Å². The van der Waals surface area contributed by atoms with Crippen LogP contribution >= 0.6 is 0 Å². The van der Waals surface area contributed by atoms with Crippen LogP contribution in [0.4, 0.5) is 26.6 Å². The van der Waals surface area contributed by atoms with E-state index in [0.717, 1.165) is 11.3 Å². The van der Waals surface area contributed by atoms with Gasteiger partial charge in [-0.3, -0.25) is 4.68 Å². The molecule has 0 unspecified atom stereocenters. The molecule has 0 bridgehead atoms. The molecule has 0 aliphatic heterocycles. The lowest BCUT2D eigenvalue weighted by atomic mass is 10.2. The first-order valence-electron chi connectivity index (χ1n) is 9.62. The van der Waals surface area contributed by atoms with Gasteiger partial charge in [-0.2, -0.15) is 15.1 Å². The second-order valence-electron chi connectivity index (χ2n) is 7.19. The molecule has 1 aliphatic rings. The Labute approximate surface area is 175 Å². The molecule has 3 N–H and O–H groups in total. The Morgan fingerprint density at radius 3 is 2.77 bits per heavy atom. The largest absolute Gasteiger partial charge is 0.371 e. The number of rotatable bonds is 5. The van der Waals surface area contributed by atoms with Crippen molar-refractivity contribution in [1.82, 2.24) is 39.6 Å². The number of benzene rings is 1. The van der Waals surface area contributed by atoms with Crippen LogP contribution in [-0.2, 0) is 7.05 Å². The van der Waals surface area contributed by atoms with Gasteiger partial charge in [0.2, 0.25) is 5.95 Å². The number of halogens is 1. The molecular weight excluding hydrogens is 403 g/mol. The van der Waals surface area contributed by atoms with Crippen molar-refractivity contribution in [3.8, 4) is 11.4 Å². The zero-order valence-electron chi connectivity index (χ0n) is 16.7. The summed E-state index contributed by atoms with van der Waals surface area (Å²) >= 11 is 0. The summed E-state index contributed by atoms with van der Waals surface area (Å²) in [5.74, 6) is 1.32. The first-order valence-corrected chi connectivity index (χ1v) is 9.62. The maximum absolute atomic E-state index is 13.2. The fourth-order valence-electron chi connectivity index (χ4n) is 3.16. The first kappa shape index (κ1) is 18.9. The van der Waals surface area contributed by atoms with Gasteiger partial charge < -0.3 is 16.0 Å². The van der Waals surface area contributed by atoms with Crippen LogP contribution in [0.2, 0.25) is 0 Å². The number of fused-ring (bicyclic) bond motifs is 1. The molecule has 4 aromatic rings. The van der Waals surface area contributed by atoms with Crippen molar-refractivity contribution in [2.75, 3.05) is 17.7 Å². The Morgan fingerprint density at radius 1 is 1.23 bits per heavy atom. The molecule has 1 fully saturated rings. The first-order chi connectivity index (χ1) is 15.0. The molecule has 3 heterocycles. The number of imidazole rings is 1. The van der Waals surface area contributed by atoms with Gasteiger partial charge in [0.05, 0.1) is 6.04 Å². The number of anilines is 3. The van der Waals surface area contributed by atoms with Gasteiger partial charge in [0, 0.05) is 31.8 Å². The van der Waals surface area contributed by atoms with Crippen molar-refractivity contribution in [3.63, 3.8) is 0 Å². The normalized spacial score (nSPS) is 17.5. The highest BCUT2D eigenvalue weighted by molar-refractivity contribution is 5.92. The van der Waals surface area contributed by atoms with Gasteiger partial charge in [-0.1, -0.05) is 12.1 Å². The summed E-state index contributed by atoms with van der Waals surface area (Å²) in [6, 6.07) is 6.56. The highest BCUT2D eigenvalue weighted by Crippen LogP contribution is 2.27. The van der Waals surface area contributed by atoms with Gasteiger partial charge in [-0.25, -0.2) is 23.7 Å². The molecule has 0 spiro atoms. The monoisotopic (exact) mass is 422 g/mol. The van der Waals surface area contributed by atoms with E-state index in [4.69, 9.17) is 0 Å². The molecule has 3 aromatic heterocycles. The molecule has 5 rings (SSSR count). The van der Waals surface area contributed by atoms with E-state index >= 15 is 0 Å². The van der Waals surface area contributed by atoms with Gasteiger partial charge in [0.25, 0.3) is 0 Å². The van der Waals surface area contributed by atoms with E-state index in [1.165, 1.54) is 10.9 Å².